The minimum atomic E-state index is -3.62. The number of sulfonamides is 1. The molecular formula is C20H19ClN2O2S. The van der Waals surface area contributed by atoms with E-state index in [0.29, 0.717) is 10.7 Å². The molecule has 6 heteroatoms. The highest BCUT2D eigenvalue weighted by atomic mass is 35.5. The van der Waals surface area contributed by atoms with Gasteiger partial charge in [-0.25, -0.2) is 8.42 Å². The third-order valence-corrected chi connectivity index (χ3v) is 5.50. The summed E-state index contributed by atoms with van der Waals surface area (Å²) < 4.78 is 27.3. The molecule has 0 bridgehead atoms. The van der Waals surface area contributed by atoms with E-state index in [0.717, 1.165) is 18.7 Å². The first-order valence-electron chi connectivity index (χ1n) is 8.19. The average molecular weight is 387 g/mol. The molecular weight excluding hydrogens is 368 g/mol. The molecule has 3 rings (SSSR count). The first-order chi connectivity index (χ1) is 12.5. The third-order valence-electron chi connectivity index (χ3n) is 3.85. The first kappa shape index (κ1) is 18.3. The fraction of sp³-hybridized carbons (Fsp3) is 0.100. The molecule has 0 aliphatic heterocycles. The van der Waals surface area contributed by atoms with E-state index < -0.39 is 10.0 Å². The molecule has 26 heavy (non-hydrogen) atoms. The van der Waals surface area contributed by atoms with Crippen LogP contribution in [0.3, 0.4) is 0 Å². The van der Waals surface area contributed by atoms with Gasteiger partial charge in [-0.3, -0.25) is 4.72 Å². The van der Waals surface area contributed by atoms with E-state index in [2.05, 4.69) is 22.2 Å². The monoisotopic (exact) mass is 386 g/mol. The van der Waals surface area contributed by atoms with Gasteiger partial charge >= 0.3 is 0 Å². The summed E-state index contributed by atoms with van der Waals surface area (Å²) in [6, 6.07) is 23.5. The van der Waals surface area contributed by atoms with E-state index in [9.17, 15) is 8.42 Å². The third kappa shape index (κ3) is 5.00. The average Bonchev–Trinajstić information content (AvgIpc) is 2.64. The summed E-state index contributed by atoms with van der Waals surface area (Å²) in [7, 11) is -3.62. The molecule has 2 N–H and O–H groups in total. The Bertz CT molecular complexity index is 941. The van der Waals surface area contributed by atoms with Crippen molar-refractivity contribution in [1.29, 1.82) is 0 Å². The molecule has 0 atom stereocenters. The second kappa shape index (κ2) is 8.25. The molecule has 0 fully saturated rings. The van der Waals surface area contributed by atoms with Crippen LogP contribution in [0, 0.1) is 0 Å². The SMILES string of the molecule is O=S(=O)(Nc1ccc(NCCc2ccccc2)cc1)c1ccc(Cl)cc1. The number of nitrogens with one attached hydrogen (secondary N) is 2. The molecule has 0 aliphatic rings. The molecule has 0 aliphatic carbocycles. The van der Waals surface area contributed by atoms with Gasteiger partial charge in [0.05, 0.1) is 4.90 Å². The predicted molar refractivity (Wildman–Crippen MR) is 107 cm³/mol. The molecule has 0 aromatic heterocycles. The summed E-state index contributed by atoms with van der Waals surface area (Å²) in [6.45, 7) is 0.805. The molecule has 0 amide bonds. The van der Waals surface area contributed by atoms with Crippen molar-refractivity contribution >= 4 is 33.0 Å². The molecule has 0 heterocycles. The second-order valence-corrected chi connectivity index (χ2v) is 7.92. The van der Waals surface area contributed by atoms with E-state index in [1.54, 1.807) is 24.3 Å². The summed E-state index contributed by atoms with van der Waals surface area (Å²) >= 11 is 5.80. The van der Waals surface area contributed by atoms with Crippen LogP contribution in [0.5, 0.6) is 0 Å². The van der Waals surface area contributed by atoms with Gasteiger partial charge in [-0.2, -0.15) is 0 Å². The van der Waals surface area contributed by atoms with Crippen molar-refractivity contribution in [2.24, 2.45) is 0 Å². The molecule has 3 aromatic carbocycles. The second-order valence-electron chi connectivity index (χ2n) is 5.80. The Morgan fingerprint density at radius 1 is 0.769 bits per heavy atom. The van der Waals surface area contributed by atoms with Crippen LogP contribution in [0.4, 0.5) is 11.4 Å². The van der Waals surface area contributed by atoms with Crippen molar-refractivity contribution in [3.8, 4) is 0 Å². The van der Waals surface area contributed by atoms with E-state index in [1.807, 2.05) is 30.3 Å². The fourth-order valence-corrected chi connectivity index (χ4v) is 3.66. The predicted octanol–water partition coefficient (Wildman–Crippen LogP) is 4.80. The van der Waals surface area contributed by atoms with Crippen LogP contribution in [0.25, 0.3) is 0 Å². The zero-order valence-electron chi connectivity index (χ0n) is 14.0. The minimum Gasteiger partial charge on any atom is -0.385 e. The smallest absolute Gasteiger partial charge is 0.261 e. The summed E-state index contributed by atoms with van der Waals surface area (Å²) in [4.78, 5) is 0.173. The quantitative estimate of drug-likeness (QED) is 0.613. The van der Waals surface area contributed by atoms with Gasteiger partial charge in [0.25, 0.3) is 10.0 Å². The van der Waals surface area contributed by atoms with Crippen LogP contribution in [0.1, 0.15) is 5.56 Å². The highest BCUT2D eigenvalue weighted by molar-refractivity contribution is 7.92. The maximum Gasteiger partial charge on any atom is 0.261 e. The van der Waals surface area contributed by atoms with Crippen LogP contribution in [0.2, 0.25) is 5.02 Å². The van der Waals surface area contributed by atoms with Gasteiger partial charge in [0.2, 0.25) is 0 Å². The summed E-state index contributed by atoms with van der Waals surface area (Å²) in [5, 5.41) is 3.82. The standard InChI is InChI=1S/C20H19ClN2O2S/c21-17-6-12-20(13-7-17)26(24,25)23-19-10-8-18(9-11-19)22-15-14-16-4-2-1-3-5-16/h1-13,22-23H,14-15H2. The van der Waals surface area contributed by atoms with Crippen molar-refractivity contribution in [2.45, 2.75) is 11.3 Å². The van der Waals surface area contributed by atoms with E-state index in [4.69, 9.17) is 11.6 Å². The Balaban J connectivity index is 1.58. The number of benzene rings is 3. The van der Waals surface area contributed by atoms with Crippen molar-refractivity contribution < 1.29 is 8.42 Å². The molecule has 0 spiro atoms. The van der Waals surface area contributed by atoms with Crippen LogP contribution >= 0.6 is 11.6 Å². The lowest BCUT2D eigenvalue weighted by molar-refractivity contribution is 0.601. The fourth-order valence-electron chi connectivity index (χ4n) is 2.48. The maximum absolute atomic E-state index is 12.4. The highest BCUT2D eigenvalue weighted by Gasteiger charge is 2.13. The van der Waals surface area contributed by atoms with Crippen molar-refractivity contribution in [2.75, 3.05) is 16.6 Å². The van der Waals surface area contributed by atoms with Crippen molar-refractivity contribution in [3.63, 3.8) is 0 Å². The zero-order valence-corrected chi connectivity index (χ0v) is 15.6. The molecule has 3 aromatic rings. The van der Waals surface area contributed by atoms with Crippen LogP contribution in [-0.2, 0) is 16.4 Å². The maximum atomic E-state index is 12.4. The van der Waals surface area contributed by atoms with Gasteiger partial charge in [0.1, 0.15) is 0 Å². The molecule has 0 saturated carbocycles. The molecule has 4 nitrogen and oxygen atoms in total. The molecule has 134 valence electrons. The minimum absolute atomic E-state index is 0.173. The number of hydrogen-bond acceptors (Lipinski definition) is 3. The lowest BCUT2D eigenvalue weighted by atomic mass is 10.1. The lowest BCUT2D eigenvalue weighted by Crippen LogP contribution is -2.12. The van der Waals surface area contributed by atoms with E-state index in [1.165, 1.54) is 17.7 Å². The normalized spacial score (nSPS) is 11.1. The lowest BCUT2D eigenvalue weighted by Gasteiger charge is -2.10. The van der Waals surface area contributed by atoms with Gasteiger partial charge in [0.15, 0.2) is 0 Å². The molecule has 0 saturated heterocycles. The number of halogens is 1. The topological polar surface area (TPSA) is 58.2 Å². The Hall–Kier alpha value is -2.50. The molecule has 0 unspecified atom stereocenters. The number of hydrogen-bond donors (Lipinski definition) is 2. The summed E-state index contributed by atoms with van der Waals surface area (Å²) in [5.74, 6) is 0. The van der Waals surface area contributed by atoms with Crippen LogP contribution < -0.4 is 10.0 Å². The van der Waals surface area contributed by atoms with Gasteiger partial charge in [-0.1, -0.05) is 41.9 Å². The number of rotatable bonds is 7. The Morgan fingerprint density at radius 3 is 2.04 bits per heavy atom. The van der Waals surface area contributed by atoms with E-state index in [-0.39, 0.29) is 4.90 Å². The van der Waals surface area contributed by atoms with Crippen LogP contribution in [-0.4, -0.2) is 15.0 Å². The van der Waals surface area contributed by atoms with Gasteiger partial charge in [-0.15, -0.1) is 0 Å². The Morgan fingerprint density at radius 2 is 1.38 bits per heavy atom. The summed E-state index contributed by atoms with van der Waals surface area (Å²) in [5.41, 5.74) is 2.72. The zero-order chi connectivity index (χ0) is 18.4. The first-order valence-corrected chi connectivity index (χ1v) is 10.1. The molecule has 0 radical (unpaired) electrons. The van der Waals surface area contributed by atoms with Gasteiger partial charge in [-0.05, 0) is 60.5 Å². The van der Waals surface area contributed by atoms with Gasteiger partial charge in [0, 0.05) is 22.9 Å². The largest absolute Gasteiger partial charge is 0.385 e. The Kier molecular flexibility index (Phi) is 5.81. The van der Waals surface area contributed by atoms with Crippen LogP contribution in [0.15, 0.2) is 83.8 Å². The Labute approximate surface area is 158 Å². The summed E-state index contributed by atoms with van der Waals surface area (Å²) in [6.07, 6.45) is 0.922. The van der Waals surface area contributed by atoms with Crippen molar-refractivity contribution in [1.82, 2.24) is 0 Å². The number of anilines is 2. The van der Waals surface area contributed by atoms with Gasteiger partial charge < -0.3 is 5.32 Å². The van der Waals surface area contributed by atoms with E-state index >= 15 is 0 Å². The highest BCUT2D eigenvalue weighted by Crippen LogP contribution is 2.20. The van der Waals surface area contributed by atoms with Crippen molar-refractivity contribution in [3.05, 3.63) is 89.4 Å².